The summed E-state index contributed by atoms with van der Waals surface area (Å²) in [6, 6.07) is 10.3. The average molecular weight is 262 g/mol. The number of hydrogen-bond donors (Lipinski definition) is 0. The zero-order valence-electron chi connectivity index (χ0n) is 11.9. The Balaban J connectivity index is 2.11. The van der Waals surface area contributed by atoms with Crippen molar-refractivity contribution in [2.24, 2.45) is 5.92 Å². The van der Waals surface area contributed by atoms with Crippen molar-refractivity contribution in [3.8, 4) is 11.3 Å². The van der Waals surface area contributed by atoms with Crippen molar-refractivity contribution in [3.05, 3.63) is 66.1 Å². The zero-order valence-corrected chi connectivity index (χ0v) is 11.9. The van der Waals surface area contributed by atoms with E-state index in [1.54, 1.807) is 6.33 Å². The van der Waals surface area contributed by atoms with E-state index in [4.69, 9.17) is 0 Å². The van der Waals surface area contributed by atoms with Gasteiger partial charge in [-0.25, -0.2) is 9.97 Å². The van der Waals surface area contributed by atoms with E-state index in [0.29, 0.717) is 5.92 Å². The highest BCUT2D eigenvalue weighted by molar-refractivity contribution is 5.74. The van der Waals surface area contributed by atoms with Crippen LogP contribution in [-0.4, -0.2) is 9.97 Å². The summed E-state index contributed by atoms with van der Waals surface area (Å²) in [5, 5.41) is 0. The fourth-order valence-electron chi connectivity index (χ4n) is 2.69. The van der Waals surface area contributed by atoms with Crippen LogP contribution in [0.15, 0.2) is 54.9 Å². The van der Waals surface area contributed by atoms with Crippen LogP contribution >= 0.6 is 0 Å². The number of rotatable bonds is 2. The molecule has 1 unspecified atom stereocenters. The molecule has 0 spiro atoms. The van der Waals surface area contributed by atoms with Gasteiger partial charge in [0.25, 0.3) is 0 Å². The van der Waals surface area contributed by atoms with Gasteiger partial charge in [-0.3, -0.25) is 0 Å². The lowest BCUT2D eigenvalue weighted by Crippen LogP contribution is -2.06. The second-order valence-corrected chi connectivity index (χ2v) is 5.25. The first-order valence-electron chi connectivity index (χ1n) is 7.01. The Morgan fingerprint density at radius 3 is 2.55 bits per heavy atom. The van der Waals surface area contributed by atoms with Gasteiger partial charge < -0.3 is 0 Å². The second-order valence-electron chi connectivity index (χ2n) is 5.25. The summed E-state index contributed by atoms with van der Waals surface area (Å²) >= 11 is 0. The standard InChI is InChI=1S/C18H18N2/c1-13-8-6-7-11-16(13)18-14(2)17(19-12-20-18)15-9-4-3-5-10-15/h3-7,9-13H,8H2,1-2H3. The van der Waals surface area contributed by atoms with Crippen LogP contribution in [0.25, 0.3) is 16.8 Å². The normalized spacial score (nSPS) is 17.9. The van der Waals surface area contributed by atoms with Gasteiger partial charge in [-0.1, -0.05) is 55.5 Å². The molecule has 0 amide bonds. The van der Waals surface area contributed by atoms with Crippen molar-refractivity contribution in [2.45, 2.75) is 20.3 Å². The van der Waals surface area contributed by atoms with Crippen LogP contribution in [0.2, 0.25) is 0 Å². The van der Waals surface area contributed by atoms with Gasteiger partial charge in [-0.2, -0.15) is 0 Å². The lowest BCUT2D eigenvalue weighted by molar-refractivity contribution is 0.752. The summed E-state index contributed by atoms with van der Waals surface area (Å²) in [6.07, 6.45) is 9.27. The summed E-state index contributed by atoms with van der Waals surface area (Å²) in [5.74, 6) is 0.511. The Bertz CT molecular complexity index is 669. The fourth-order valence-corrected chi connectivity index (χ4v) is 2.69. The molecule has 0 radical (unpaired) electrons. The quantitative estimate of drug-likeness (QED) is 0.800. The Morgan fingerprint density at radius 1 is 1.05 bits per heavy atom. The van der Waals surface area contributed by atoms with Crippen LogP contribution in [-0.2, 0) is 0 Å². The average Bonchev–Trinajstić information content (AvgIpc) is 2.49. The highest BCUT2D eigenvalue weighted by Crippen LogP contribution is 2.32. The van der Waals surface area contributed by atoms with Gasteiger partial charge >= 0.3 is 0 Å². The smallest absolute Gasteiger partial charge is 0.116 e. The number of benzene rings is 1. The van der Waals surface area contributed by atoms with E-state index >= 15 is 0 Å². The maximum absolute atomic E-state index is 4.53. The first kappa shape index (κ1) is 12.8. The van der Waals surface area contributed by atoms with Crippen LogP contribution in [0, 0.1) is 12.8 Å². The third-order valence-corrected chi connectivity index (χ3v) is 3.84. The van der Waals surface area contributed by atoms with Gasteiger partial charge in [0.2, 0.25) is 0 Å². The molecule has 2 aromatic rings. The van der Waals surface area contributed by atoms with Crippen LogP contribution in [0.3, 0.4) is 0 Å². The third kappa shape index (κ3) is 2.29. The van der Waals surface area contributed by atoms with E-state index < -0.39 is 0 Å². The molecule has 1 aliphatic rings. The first-order valence-corrected chi connectivity index (χ1v) is 7.01. The fraction of sp³-hybridized carbons (Fsp3) is 0.222. The molecular formula is C18H18N2. The number of allylic oxidation sites excluding steroid dienone is 4. The minimum atomic E-state index is 0.511. The van der Waals surface area contributed by atoms with Crippen LogP contribution in [0.5, 0.6) is 0 Å². The van der Waals surface area contributed by atoms with Gasteiger partial charge in [-0.15, -0.1) is 0 Å². The van der Waals surface area contributed by atoms with Gasteiger partial charge in [0.1, 0.15) is 6.33 Å². The summed E-state index contributed by atoms with van der Waals surface area (Å²) in [6.45, 7) is 4.36. The molecule has 3 rings (SSSR count). The molecule has 0 saturated carbocycles. The lowest BCUT2D eigenvalue weighted by atomic mass is 9.88. The molecule has 1 atom stereocenters. The molecule has 1 heterocycles. The molecule has 2 nitrogen and oxygen atoms in total. The summed E-state index contributed by atoms with van der Waals surface area (Å²) in [5.41, 5.74) is 5.72. The summed E-state index contributed by atoms with van der Waals surface area (Å²) in [7, 11) is 0. The molecule has 100 valence electrons. The van der Waals surface area contributed by atoms with Gasteiger partial charge in [0.05, 0.1) is 11.4 Å². The molecule has 0 fully saturated rings. The molecular weight excluding hydrogens is 244 g/mol. The van der Waals surface area contributed by atoms with Gasteiger partial charge in [0, 0.05) is 11.1 Å². The van der Waals surface area contributed by atoms with Crippen molar-refractivity contribution in [2.75, 3.05) is 0 Å². The molecule has 1 aromatic carbocycles. The van der Waals surface area contributed by atoms with Crippen LogP contribution in [0.4, 0.5) is 0 Å². The predicted octanol–water partition coefficient (Wildman–Crippen LogP) is 4.43. The first-order chi connectivity index (χ1) is 9.77. The second kappa shape index (κ2) is 5.41. The molecule has 1 aliphatic carbocycles. The van der Waals surface area contributed by atoms with Crippen molar-refractivity contribution in [1.29, 1.82) is 0 Å². The summed E-state index contributed by atoms with van der Waals surface area (Å²) in [4.78, 5) is 9.00. The third-order valence-electron chi connectivity index (χ3n) is 3.84. The Kier molecular flexibility index (Phi) is 3.46. The van der Waals surface area contributed by atoms with Crippen LogP contribution < -0.4 is 0 Å². The highest BCUT2D eigenvalue weighted by Gasteiger charge is 2.17. The topological polar surface area (TPSA) is 25.8 Å². The lowest BCUT2D eigenvalue weighted by Gasteiger charge is -2.19. The number of hydrogen-bond acceptors (Lipinski definition) is 2. The molecule has 0 bridgehead atoms. The summed E-state index contributed by atoms with van der Waals surface area (Å²) < 4.78 is 0. The van der Waals surface area contributed by atoms with E-state index in [1.165, 1.54) is 5.57 Å². The highest BCUT2D eigenvalue weighted by atomic mass is 14.8. The van der Waals surface area contributed by atoms with Crippen molar-refractivity contribution in [3.63, 3.8) is 0 Å². The van der Waals surface area contributed by atoms with Crippen molar-refractivity contribution < 1.29 is 0 Å². The Morgan fingerprint density at radius 2 is 1.80 bits per heavy atom. The van der Waals surface area contributed by atoms with E-state index in [-0.39, 0.29) is 0 Å². The maximum Gasteiger partial charge on any atom is 0.116 e. The maximum atomic E-state index is 4.53. The van der Waals surface area contributed by atoms with Crippen molar-refractivity contribution >= 4 is 5.57 Å². The largest absolute Gasteiger partial charge is 0.236 e. The SMILES string of the molecule is Cc1c(C2=CC=CCC2C)ncnc1-c1ccccc1. The molecule has 20 heavy (non-hydrogen) atoms. The molecule has 0 N–H and O–H groups in total. The van der Waals surface area contributed by atoms with Gasteiger partial charge in [-0.05, 0) is 24.8 Å². The minimum absolute atomic E-state index is 0.511. The van der Waals surface area contributed by atoms with Gasteiger partial charge in [0.15, 0.2) is 0 Å². The number of aromatic nitrogens is 2. The molecule has 1 aromatic heterocycles. The Labute approximate surface area is 119 Å². The van der Waals surface area contributed by atoms with Crippen LogP contribution in [0.1, 0.15) is 24.6 Å². The minimum Gasteiger partial charge on any atom is -0.236 e. The van der Waals surface area contributed by atoms with E-state index in [1.807, 2.05) is 18.2 Å². The molecule has 0 saturated heterocycles. The Hall–Kier alpha value is -2.22. The zero-order chi connectivity index (χ0) is 13.9. The van der Waals surface area contributed by atoms with E-state index in [9.17, 15) is 0 Å². The molecule has 2 heteroatoms. The molecule has 0 aliphatic heterocycles. The van der Waals surface area contributed by atoms with Crippen molar-refractivity contribution in [1.82, 2.24) is 9.97 Å². The predicted molar refractivity (Wildman–Crippen MR) is 83.1 cm³/mol. The van der Waals surface area contributed by atoms with E-state index in [0.717, 1.165) is 28.9 Å². The number of nitrogens with zero attached hydrogens (tertiary/aromatic N) is 2. The van der Waals surface area contributed by atoms with E-state index in [2.05, 4.69) is 54.2 Å². The monoisotopic (exact) mass is 262 g/mol.